The van der Waals surface area contributed by atoms with Gasteiger partial charge in [-0.3, -0.25) is 0 Å². The van der Waals surface area contributed by atoms with Gasteiger partial charge in [0.1, 0.15) is 11.5 Å². The van der Waals surface area contributed by atoms with E-state index in [2.05, 4.69) is 6.92 Å². The molecule has 2 aromatic rings. The molecule has 0 saturated heterocycles. The lowest BCUT2D eigenvalue weighted by atomic mass is 10.00. The van der Waals surface area contributed by atoms with Crippen LogP contribution in [-0.2, 0) is 6.42 Å². The molecule has 2 aromatic carbocycles. The van der Waals surface area contributed by atoms with Crippen LogP contribution in [0.3, 0.4) is 0 Å². The molecule has 0 heterocycles. The summed E-state index contributed by atoms with van der Waals surface area (Å²) in [4.78, 5) is 0. The topological polar surface area (TPSA) is 40.5 Å². The van der Waals surface area contributed by atoms with Gasteiger partial charge in [-0.1, -0.05) is 25.5 Å². The highest BCUT2D eigenvalue weighted by Gasteiger charge is 2.06. The van der Waals surface area contributed by atoms with E-state index in [1.807, 2.05) is 12.1 Å². The van der Waals surface area contributed by atoms with Gasteiger partial charge in [0.2, 0.25) is 0 Å². The Hall–Kier alpha value is -1.70. The summed E-state index contributed by atoms with van der Waals surface area (Å²) in [6.45, 7) is 2.08. The molecule has 15 heavy (non-hydrogen) atoms. The monoisotopic (exact) mass is 202 g/mol. The number of phenols is 2. The summed E-state index contributed by atoms with van der Waals surface area (Å²) in [7, 11) is 0. The average molecular weight is 202 g/mol. The van der Waals surface area contributed by atoms with Crippen molar-refractivity contribution in [3.8, 4) is 11.5 Å². The normalized spacial score (nSPS) is 10.7. The number of hydrogen-bond acceptors (Lipinski definition) is 2. The van der Waals surface area contributed by atoms with Crippen molar-refractivity contribution < 1.29 is 10.2 Å². The molecule has 0 aliphatic rings. The van der Waals surface area contributed by atoms with Gasteiger partial charge in [-0.2, -0.15) is 0 Å². The molecule has 0 bridgehead atoms. The van der Waals surface area contributed by atoms with Gasteiger partial charge in [0.05, 0.1) is 0 Å². The highest BCUT2D eigenvalue weighted by atomic mass is 16.3. The first-order valence-electron chi connectivity index (χ1n) is 5.16. The van der Waals surface area contributed by atoms with Crippen LogP contribution in [0.5, 0.6) is 11.5 Å². The van der Waals surface area contributed by atoms with Crippen molar-refractivity contribution in [3.05, 3.63) is 35.9 Å². The van der Waals surface area contributed by atoms with Crippen molar-refractivity contribution in [3.63, 3.8) is 0 Å². The first-order chi connectivity index (χ1) is 7.22. The van der Waals surface area contributed by atoms with Crippen LogP contribution in [0.4, 0.5) is 0 Å². The molecule has 0 aromatic heterocycles. The number of hydrogen-bond donors (Lipinski definition) is 2. The molecule has 2 rings (SSSR count). The van der Waals surface area contributed by atoms with Crippen LogP contribution in [-0.4, -0.2) is 10.2 Å². The third-order valence-electron chi connectivity index (χ3n) is 2.59. The number of phenolic OH excluding ortho intramolecular Hbond substituents is 2. The minimum Gasteiger partial charge on any atom is -0.508 e. The van der Waals surface area contributed by atoms with Crippen molar-refractivity contribution in [2.24, 2.45) is 0 Å². The number of rotatable bonds is 2. The van der Waals surface area contributed by atoms with Gasteiger partial charge in [-0.25, -0.2) is 0 Å². The van der Waals surface area contributed by atoms with E-state index < -0.39 is 0 Å². The van der Waals surface area contributed by atoms with Crippen molar-refractivity contribution in [1.82, 2.24) is 0 Å². The molecular weight excluding hydrogens is 188 g/mol. The lowest BCUT2D eigenvalue weighted by Gasteiger charge is -2.08. The minimum absolute atomic E-state index is 0.260. The summed E-state index contributed by atoms with van der Waals surface area (Å²) in [6.07, 6.45) is 1.85. The van der Waals surface area contributed by atoms with Crippen LogP contribution < -0.4 is 0 Å². The van der Waals surface area contributed by atoms with Crippen LogP contribution in [0, 0.1) is 0 Å². The molecule has 2 heteroatoms. The fourth-order valence-electron chi connectivity index (χ4n) is 1.88. The highest BCUT2D eigenvalue weighted by Crippen LogP contribution is 2.30. The van der Waals surface area contributed by atoms with Crippen LogP contribution in [0.25, 0.3) is 10.8 Å². The van der Waals surface area contributed by atoms with Crippen molar-refractivity contribution in [1.29, 1.82) is 0 Å². The predicted molar refractivity (Wildman–Crippen MR) is 61.3 cm³/mol. The first kappa shape index (κ1) is 9.84. The van der Waals surface area contributed by atoms with Gasteiger partial charge < -0.3 is 10.2 Å². The van der Waals surface area contributed by atoms with Gasteiger partial charge in [0.25, 0.3) is 0 Å². The maximum absolute atomic E-state index is 9.75. The molecule has 0 radical (unpaired) electrons. The maximum Gasteiger partial charge on any atom is 0.119 e. The van der Waals surface area contributed by atoms with E-state index in [1.165, 1.54) is 0 Å². The Labute approximate surface area is 88.8 Å². The molecule has 0 saturated carbocycles. The molecule has 0 aliphatic carbocycles. The summed E-state index contributed by atoms with van der Waals surface area (Å²) in [5.74, 6) is 0.602. The lowest BCUT2D eigenvalue weighted by Crippen LogP contribution is -1.87. The zero-order valence-corrected chi connectivity index (χ0v) is 8.70. The number of aromatic hydroxyl groups is 2. The molecule has 0 atom stereocenters. The molecule has 2 nitrogen and oxygen atoms in total. The molecule has 0 amide bonds. The Kier molecular flexibility index (Phi) is 2.50. The van der Waals surface area contributed by atoms with Gasteiger partial charge >= 0.3 is 0 Å². The van der Waals surface area contributed by atoms with E-state index in [4.69, 9.17) is 0 Å². The van der Waals surface area contributed by atoms with Crippen LogP contribution in [0.2, 0.25) is 0 Å². The van der Waals surface area contributed by atoms with Crippen molar-refractivity contribution in [2.45, 2.75) is 19.8 Å². The fraction of sp³-hybridized carbons (Fsp3) is 0.231. The fourth-order valence-corrected chi connectivity index (χ4v) is 1.88. The molecular formula is C13H14O2. The van der Waals surface area contributed by atoms with Crippen LogP contribution >= 0.6 is 0 Å². The second kappa shape index (κ2) is 3.81. The highest BCUT2D eigenvalue weighted by molar-refractivity contribution is 5.88. The molecule has 0 unspecified atom stereocenters. The summed E-state index contributed by atoms with van der Waals surface area (Å²) in [5.41, 5.74) is 0.968. The number of fused-ring (bicyclic) bond motifs is 1. The SMILES string of the molecule is CCCc1c(O)ccc2cc(O)ccc12. The van der Waals surface area contributed by atoms with E-state index in [-0.39, 0.29) is 5.75 Å². The number of aryl methyl sites for hydroxylation is 1. The van der Waals surface area contributed by atoms with E-state index in [1.54, 1.807) is 18.2 Å². The maximum atomic E-state index is 9.75. The standard InChI is InChI=1S/C13H14O2/c1-2-3-12-11-6-5-10(14)8-9(11)4-7-13(12)15/h4-8,14-15H,2-3H2,1H3. The van der Waals surface area contributed by atoms with E-state index >= 15 is 0 Å². The third kappa shape index (κ3) is 1.75. The zero-order valence-electron chi connectivity index (χ0n) is 8.70. The first-order valence-corrected chi connectivity index (χ1v) is 5.16. The smallest absolute Gasteiger partial charge is 0.119 e. The van der Waals surface area contributed by atoms with E-state index in [0.717, 1.165) is 29.2 Å². The Morgan fingerprint density at radius 2 is 1.87 bits per heavy atom. The zero-order chi connectivity index (χ0) is 10.8. The van der Waals surface area contributed by atoms with Gasteiger partial charge in [-0.05, 0) is 35.4 Å². The Morgan fingerprint density at radius 3 is 2.60 bits per heavy atom. The van der Waals surface area contributed by atoms with Gasteiger partial charge in [-0.15, -0.1) is 0 Å². The number of benzene rings is 2. The Morgan fingerprint density at radius 1 is 1.07 bits per heavy atom. The molecule has 2 N–H and O–H groups in total. The molecule has 0 fully saturated rings. The van der Waals surface area contributed by atoms with E-state index in [9.17, 15) is 10.2 Å². The van der Waals surface area contributed by atoms with Gasteiger partial charge in [0.15, 0.2) is 0 Å². The Balaban J connectivity index is 2.70. The van der Waals surface area contributed by atoms with Gasteiger partial charge in [0, 0.05) is 5.56 Å². The summed E-state index contributed by atoms with van der Waals surface area (Å²) < 4.78 is 0. The lowest BCUT2D eigenvalue weighted by molar-refractivity contribution is 0.468. The average Bonchev–Trinajstić information content (AvgIpc) is 2.22. The second-order valence-electron chi connectivity index (χ2n) is 3.72. The second-order valence-corrected chi connectivity index (χ2v) is 3.72. The summed E-state index contributed by atoms with van der Waals surface area (Å²) >= 11 is 0. The van der Waals surface area contributed by atoms with E-state index in [0.29, 0.717) is 5.75 Å². The molecule has 78 valence electrons. The van der Waals surface area contributed by atoms with Crippen molar-refractivity contribution in [2.75, 3.05) is 0 Å². The van der Waals surface area contributed by atoms with Crippen LogP contribution in [0.1, 0.15) is 18.9 Å². The third-order valence-corrected chi connectivity index (χ3v) is 2.59. The summed E-state index contributed by atoms with van der Waals surface area (Å²) in [6, 6.07) is 8.74. The predicted octanol–water partition coefficient (Wildman–Crippen LogP) is 3.20. The van der Waals surface area contributed by atoms with Crippen LogP contribution in [0.15, 0.2) is 30.3 Å². The van der Waals surface area contributed by atoms with Crippen molar-refractivity contribution >= 4 is 10.8 Å². The minimum atomic E-state index is 0.260. The molecule has 0 spiro atoms. The Bertz CT molecular complexity index is 489. The largest absolute Gasteiger partial charge is 0.508 e. The molecule has 0 aliphatic heterocycles. The summed E-state index contributed by atoms with van der Waals surface area (Å²) in [5, 5.41) is 21.1. The quantitative estimate of drug-likeness (QED) is 0.785.